The predicted octanol–water partition coefficient (Wildman–Crippen LogP) is 5.01. The third kappa shape index (κ3) is 6.87. The highest BCUT2D eigenvalue weighted by Gasteiger charge is 2.28. The van der Waals surface area contributed by atoms with E-state index in [4.69, 9.17) is 0 Å². The molecule has 1 aliphatic rings. The largest absolute Gasteiger partial charge is 0.325 e. The van der Waals surface area contributed by atoms with E-state index in [1.165, 1.54) is 40.7 Å². The van der Waals surface area contributed by atoms with Crippen LogP contribution in [0.15, 0.2) is 76.5 Å². The summed E-state index contributed by atoms with van der Waals surface area (Å²) in [7, 11) is -7.66. The molecule has 0 atom stereocenters. The Bertz CT molecular complexity index is 1510. The highest BCUT2D eigenvalue weighted by Crippen LogP contribution is 2.27. The Morgan fingerprint density at radius 2 is 1.28 bits per heavy atom. The van der Waals surface area contributed by atoms with Crippen molar-refractivity contribution in [2.45, 2.75) is 56.2 Å². The second-order valence-electron chi connectivity index (χ2n) is 10.1. The first-order chi connectivity index (χ1) is 18.5. The Morgan fingerprint density at radius 3 is 1.85 bits per heavy atom. The maximum atomic E-state index is 13.7. The first-order valence-electron chi connectivity index (χ1n) is 13.0. The van der Waals surface area contributed by atoms with Gasteiger partial charge in [0.2, 0.25) is 15.9 Å². The molecular weight excluding hydrogens is 534 g/mol. The molecule has 0 radical (unpaired) electrons. The number of anilines is 2. The molecule has 1 heterocycles. The third-order valence-electron chi connectivity index (χ3n) is 6.73. The van der Waals surface area contributed by atoms with Gasteiger partial charge >= 0.3 is 0 Å². The van der Waals surface area contributed by atoms with Crippen LogP contribution in [-0.4, -0.2) is 46.7 Å². The van der Waals surface area contributed by atoms with Gasteiger partial charge in [-0.3, -0.25) is 9.10 Å². The van der Waals surface area contributed by atoms with E-state index >= 15 is 0 Å². The fourth-order valence-corrected chi connectivity index (χ4v) is 7.64. The smallest absolute Gasteiger partial charge is 0.264 e. The maximum absolute atomic E-state index is 13.7. The number of benzene rings is 3. The number of nitrogens with zero attached hydrogens (tertiary/aromatic N) is 2. The van der Waals surface area contributed by atoms with Crippen molar-refractivity contribution in [2.24, 2.45) is 0 Å². The van der Waals surface area contributed by atoms with Crippen LogP contribution in [-0.2, 0) is 24.8 Å². The average Bonchev–Trinajstić information content (AvgIpc) is 3.18. The van der Waals surface area contributed by atoms with Gasteiger partial charge in [0.1, 0.15) is 6.54 Å². The van der Waals surface area contributed by atoms with Crippen LogP contribution in [0.2, 0.25) is 0 Å². The maximum Gasteiger partial charge on any atom is 0.264 e. The van der Waals surface area contributed by atoms with E-state index in [1.54, 1.807) is 24.3 Å². The lowest BCUT2D eigenvalue weighted by atomic mass is 10.1. The van der Waals surface area contributed by atoms with Gasteiger partial charge in [0.05, 0.1) is 15.5 Å². The first-order valence-corrected chi connectivity index (χ1v) is 15.9. The molecular formula is C29H35N3O5S2. The quantitative estimate of drug-likeness (QED) is 0.411. The van der Waals surface area contributed by atoms with Crippen molar-refractivity contribution < 1.29 is 21.6 Å². The zero-order valence-corrected chi connectivity index (χ0v) is 24.2. The second kappa shape index (κ2) is 11.9. The number of carbonyl (C=O) groups is 1. The Balaban J connectivity index is 1.56. The second-order valence-corrected chi connectivity index (χ2v) is 13.9. The summed E-state index contributed by atoms with van der Waals surface area (Å²) in [5, 5.41) is 2.72. The van der Waals surface area contributed by atoms with Gasteiger partial charge in [-0.2, -0.15) is 4.31 Å². The number of amides is 1. The van der Waals surface area contributed by atoms with Gasteiger partial charge in [0.25, 0.3) is 10.0 Å². The van der Waals surface area contributed by atoms with Crippen LogP contribution in [0, 0.1) is 20.8 Å². The molecule has 4 rings (SSSR count). The molecule has 3 aromatic rings. The lowest BCUT2D eigenvalue weighted by Gasteiger charge is -2.25. The van der Waals surface area contributed by atoms with Crippen molar-refractivity contribution in [3.8, 4) is 0 Å². The van der Waals surface area contributed by atoms with Crippen LogP contribution in [0.3, 0.4) is 0 Å². The zero-order valence-electron chi connectivity index (χ0n) is 22.6. The first kappa shape index (κ1) is 28.8. The van der Waals surface area contributed by atoms with Gasteiger partial charge in [-0.1, -0.05) is 36.6 Å². The van der Waals surface area contributed by atoms with Crippen molar-refractivity contribution in [3.05, 3.63) is 83.4 Å². The summed E-state index contributed by atoms with van der Waals surface area (Å²) >= 11 is 0. The van der Waals surface area contributed by atoms with E-state index in [0.29, 0.717) is 24.5 Å². The van der Waals surface area contributed by atoms with Crippen molar-refractivity contribution in [2.75, 3.05) is 29.3 Å². The summed E-state index contributed by atoms with van der Waals surface area (Å²) < 4.78 is 56.1. The van der Waals surface area contributed by atoms with Gasteiger partial charge in [-0.25, -0.2) is 16.8 Å². The van der Waals surface area contributed by atoms with E-state index in [1.807, 2.05) is 26.8 Å². The zero-order chi connectivity index (χ0) is 28.2. The van der Waals surface area contributed by atoms with Crippen LogP contribution in [0.4, 0.5) is 11.4 Å². The minimum absolute atomic E-state index is 0.0862. The molecule has 39 heavy (non-hydrogen) atoms. The molecule has 10 heteroatoms. The van der Waals surface area contributed by atoms with Gasteiger partial charge in [0, 0.05) is 18.8 Å². The van der Waals surface area contributed by atoms with Crippen molar-refractivity contribution >= 4 is 37.3 Å². The lowest BCUT2D eigenvalue weighted by Crippen LogP contribution is -2.38. The van der Waals surface area contributed by atoms with Crippen LogP contribution in [0.5, 0.6) is 0 Å². The molecule has 3 aromatic carbocycles. The molecule has 1 fully saturated rings. The summed E-state index contributed by atoms with van der Waals surface area (Å²) in [5.41, 5.74) is 3.43. The molecule has 0 unspecified atom stereocenters. The number of aryl methyl sites for hydroxylation is 3. The van der Waals surface area contributed by atoms with Crippen LogP contribution < -0.4 is 9.62 Å². The SMILES string of the molecule is Cc1ccc(S(=O)(=O)N(CC(=O)Nc2ccc(S(=O)(=O)N3CCCCCC3)cc2)c2cc(C)cc(C)c2)cc1. The average molecular weight is 570 g/mol. The Kier molecular flexibility index (Phi) is 8.78. The molecule has 1 amide bonds. The van der Waals surface area contributed by atoms with Gasteiger partial charge in [0.15, 0.2) is 0 Å². The van der Waals surface area contributed by atoms with Crippen LogP contribution in [0.25, 0.3) is 0 Å². The van der Waals surface area contributed by atoms with Crippen molar-refractivity contribution in [3.63, 3.8) is 0 Å². The van der Waals surface area contributed by atoms with Crippen LogP contribution in [0.1, 0.15) is 42.4 Å². The van der Waals surface area contributed by atoms with E-state index in [9.17, 15) is 21.6 Å². The lowest BCUT2D eigenvalue weighted by molar-refractivity contribution is -0.114. The number of carbonyl (C=O) groups excluding carboxylic acids is 1. The van der Waals surface area contributed by atoms with Gasteiger partial charge in [-0.15, -0.1) is 0 Å². The van der Waals surface area contributed by atoms with E-state index in [0.717, 1.165) is 46.7 Å². The molecule has 1 saturated heterocycles. The predicted molar refractivity (Wildman–Crippen MR) is 154 cm³/mol. The number of sulfonamides is 2. The molecule has 0 spiro atoms. The van der Waals surface area contributed by atoms with Crippen molar-refractivity contribution in [1.82, 2.24) is 4.31 Å². The van der Waals surface area contributed by atoms with Gasteiger partial charge < -0.3 is 5.32 Å². The minimum atomic E-state index is -4.05. The number of nitrogens with one attached hydrogen (secondary N) is 1. The van der Waals surface area contributed by atoms with Crippen molar-refractivity contribution in [1.29, 1.82) is 0 Å². The monoisotopic (exact) mass is 569 g/mol. The molecule has 8 nitrogen and oxygen atoms in total. The molecule has 0 saturated carbocycles. The molecule has 0 aromatic heterocycles. The molecule has 208 valence electrons. The Labute approximate surface area is 231 Å². The topological polar surface area (TPSA) is 104 Å². The molecule has 1 N–H and O–H groups in total. The Hall–Kier alpha value is -3.21. The number of hydrogen-bond acceptors (Lipinski definition) is 5. The summed E-state index contributed by atoms with van der Waals surface area (Å²) in [6, 6.07) is 17.9. The highest BCUT2D eigenvalue weighted by molar-refractivity contribution is 7.92. The van der Waals surface area contributed by atoms with E-state index in [2.05, 4.69) is 5.32 Å². The third-order valence-corrected chi connectivity index (χ3v) is 10.4. The fraction of sp³-hybridized carbons (Fsp3) is 0.345. The minimum Gasteiger partial charge on any atom is -0.325 e. The van der Waals surface area contributed by atoms with Gasteiger partial charge in [-0.05, 0) is 93.3 Å². The summed E-state index contributed by atoms with van der Waals surface area (Å²) in [5.74, 6) is -0.548. The molecule has 1 aliphatic heterocycles. The Morgan fingerprint density at radius 1 is 0.744 bits per heavy atom. The summed E-state index contributed by atoms with van der Waals surface area (Å²) in [4.78, 5) is 13.4. The molecule has 0 aliphatic carbocycles. The van der Waals surface area contributed by atoms with Crippen LogP contribution >= 0.6 is 0 Å². The normalized spacial score (nSPS) is 14.9. The molecule has 0 bridgehead atoms. The highest BCUT2D eigenvalue weighted by atomic mass is 32.2. The van der Waals surface area contributed by atoms with E-state index < -0.39 is 32.5 Å². The standard InChI is InChI=1S/C29H35N3O5S2/c1-22-8-12-28(13-9-22)39(36,37)32(26-19-23(2)18-24(3)20-26)21-29(33)30-25-10-14-27(15-11-25)38(34,35)31-16-6-4-5-7-17-31/h8-15,18-20H,4-7,16-17,21H2,1-3H3,(H,30,33). The summed E-state index contributed by atoms with van der Waals surface area (Å²) in [6.07, 6.45) is 3.73. The number of hydrogen-bond donors (Lipinski definition) is 1. The van der Waals surface area contributed by atoms with E-state index in [-0.39, 0.29) is 9.79 Å². The fourth-order valence-electron chi connectivity index (χ4n) is 4.72. The summed E-state index contributed by atoms with van der Waals surface area (Å²) in [6.45, 7) is 6.17. The number of rotatable bonds is 8.